The first-order valence-corrected chi connectivity index (χ1v) is 7.32. The van der Waals surface area contributed by atoms with Crippen molar-refractivity contribution in [3.63, 3.8) is 0 Å². The molecule has 6 heteroatoms. The van der Waals surface area contributed by atoms with Crippen LogP contribution in [0, 0.1) is 5.92 Å². The minimum Gasteiger partial charge on any atom is -0.481 e. The summed E-state index contributed by atoms with van der Waals surface area (Å²) in [7, 11) is 2.95. The molecule has 0 aliphatic rings. The van der Waals surface area contributed by atoms with Gasteiger partial charge in [-0.2, -0.15) is 0 Å². The molecule has 1 rings (SSSR count). The molecule has 0 spiro atoms. The molecule has 0 aliphatic carbocycles. The highest BCUT2D eigenvalue weighted by Crippen LogP contribution is 2.14. The number of carboxylic acid groups (broad SMARTS) is 1. The minimum atomic E-state index is -0.992. The number of rotatable bonds is 11. The maximum absolute atomic E-state index is 10.9. The molecule has 0 aromatic heterocycles. The molecule has 0 saturated heterocycles. The van der Waals surface area contributed by atoms with E-state index in [0.717, 1.165) is 5.56 Å². The fourth-order valence-corrected chi connectivity index (χ4v) is 2.02. The number of aliphatic hydroxyl groups excluding tert-OH is 1. The Hall–Kier alpha value is -1.73. The standard InChI is InChI=1S/C17H24O6/c1-21-17(22-2)9-8-14(10-16(19)20)15(18)12-23-11-13-6-4-3-5-7-13/h3-9,14-15,17-18H,10-12H2,1-2H3,(H,19,20)/t14-,15?/m0/s1. The van der Waals surface area contributed by atoms with Crippen LogP contribution in [0.15, 0.2) is 42.5 Å². The Morgan fingerprint density at radius 2 is 1.83 bits per heavy atom. The van der Waals surface area contributed by atoms with Gasteiger partial charge in [0, 0.05) is 20.1 Å². The van der Waals surface area contributed by atoms with E-state index in [1.165, 1.54) is 14.2 Å². The SMILES string of the molecule is COC(C=C[C@@H](CC(=O)O)C(O)COCc1ccccc1)OC. The normalized spacial score (nSPS) is 14.3. The van der Waals surface area contributed by atoms with E-state index < -0.39 is 24.3 Å². The van der Waals surface area contributed by atoms with Crippen molar-refractivity contribution in [3.8, 4) is 0 Å². The molecule has 0 aliphatic heterocycles. The molecule has 0 fully saturated rings. The molecule has 6 nitrogen and oxygen atoms in total. The second-order valence-electron chi connectivity index (χ2n) is 5.05. The van der Waals surface area contributed by atoms with E-state index in [4.69, 9.17) is 19.3 Å². The summed E-state index contributed by atoms with van der Waals surface area (Å²) >= 11 is 0. The van der Waals surface area contributed by atoms with E-state index in [1.54, 1.807) is 12.2 Å². The largest absolute Gasteiger partial charge is 0.481 e. The van der Waals surface area contributed by atoms with Crippen LogP contribution in [0.3, 0.4) is 0 Å². The van der Waals surface area contributed by atoms with Gasteiger partial charge in [-0.25, -0.2) is 0 Å². The zero-order valence-corrected chi connectivity index (χ0v) is 13.4. The Balaban J connectivity index is 2.53. The lowest BCUT2D eigenvalue weighted by Gasteiger charge is -2.19. The molecule has 0 saturated carbocycles. The predicted octanol–water partition coefficient (Wildman–Crippen LogP) is 1.83. The van der Waals surface area contributed by atoms with Crippen molar-refractivity contribution in [2.24, 2.45) is 5.92 Å². The van der Waals surface area contributed by atoms with Gasteiger partial charge in [0.05, 0.1) is 25.7 Å². The first-order valence-electron chi connectivity index (χ1n) is 7.32. The molecule has 128 valence electrons. The lowest BCUT2D eigenvalue weighted by Crippen LogP contribution is -2.27. The molecular weight excluding hydrogens is 300 g/mol. The van der Waals surface area contributed by atoms with Gasteiger partial charge in [0.1, 0.15) is 0 Å². The van der Waals surface area contributed by atoms with Crippen LogP contribution in [0.5, 0.6) is 0 Å². The maximum atomic E-state index is 10.9. The third-order valence-corrected chi connectivity index (χ3v) is 3.28. The summed E-state index contributed by atoms with van der Waals surface area (Å²) in [4.78, 5) is 10.9. The number of carbonyl (C=O) groups is 1. The van der Waals surface area contributed by atoms with E-state index in [9.17, 15) is 9.90 Å². The molecule has 1 aromatic carbocycles. The van der Waals surface area contributed by atoms with Crippen molar-refractivity contribution in [1.29, 1.82) is 0 Å². The zero-order valence-electron chi connectivity index (χ0n) is 13.4. The van der Waals surface area contributed by atoms with Crippen LogP contribution in [0.1, 0.15) is 12.0 Å². The lowest BCUT2D eigenvalue weighted by atomic mass is 9.98. The van der Waals surface area contributed by atoms with Crippen LogP contribution in [-0.2, 0) is 25.6 Å². The predicted molar refractivity (Wildman–Crippen MR) is 84.8 cm³/mol. The summed E-state index contributed by atoms with van der Waals surface area (Å²) in [6, 6.07) is 9.56. The molecule has 1 aromatic rings. The fourth-order valence-electron chi connectivity index (χ4n) is 2.02. The van der Waals surface area contributed by atoms with Gasteiger partial charge in [-0.3, -0.25) is 4.79 Å². The number of aliphatic hydroxyl groups is 1. The summed E-state index contributed by atoms with van der Waals surface area (Å²) in [6.45, 7) is 0.405. The summed E-state index contributed by atoms with van der Waals surface area (Å²) in [6.07, 6.45) is 1.45. The maximum Gasteiger partial charge on any atom is 0.304 e. The molecule has 23 heavy (non-hydrogen) atoms. The zero-order chi connectivity index (χ0) is 17.1. The number of benzene rings is 1. The quantitative estimate of drug-likeness (QED) is 0.477. The van der Waals surface area contributed by atoms with Crippen LogP contribution in [0.4, 0.5) is 0 Å². The van der Waals surface area contributed by atoms with Gasteiger partial charge in [0.25, 0.3) is 0 Å². The fraction of sp³-hybridized carbons (Fsp3) is 0.471. The van der Waals surface area contributed by atoms with Crippen LogP contribution < -0.4 is 0 Å². The van der Waals surface area contributed by atoms with Crippen molar-refractivity contribution < 1.29 is 29.2 Å². The number of hydrogen-bond acceptors (Lipinski definition) is 5. The molecule has 0 radical (unpaired) electrons. The van der Waals surface area contributed by atoms with Crippen molar-refractivity contribution in [3.05, 3.63) is 48.0 Å². The summed E-state index contributed by atoms with van der Waals surface area (Å²) in [5.74, 6) is -1.58. The number of hydrogen-bond donors (Lipinski definition) is 2. The lowest BCUT2D eigenvalue weighted by molar-refractivity contribution is -0.139. The summed E-state index contributed by atoms with van der Waals surface area (Å²) in [5, 5.41) is 19.1. The van der Waals surface area contributed by atoms with E-state index in [1.807, 2.05) is 30.3 Å². The Morgan fingerprint density at radius 1 is 1.17 bits per heavy atom. The van der Waals surface area contributed by atoms with Gasteiger partial charge in [-0.15, -0.1) is 0 Å². The van der Waals surface area contributed by atoms with Gasteiger partial charge in [-0.1, -0.05) is 36.4 Å². The Labute approximate surface area is 136 Å². The summed E-state index contributed by atoms with van der Waals surface area (Å²) in [5.41, 5.74) is 0.990. The average Bonchev–Trinajstić information content (AvgIpc) is 2.55. The first-order chi connectivity index (χ1) is 11.1. The van der Waals surface area contributed by atoms with Crippen LogP contribution in [0.25, 0.3) is 0 Å². The molecule has 0 amide bonds. The van der Waals surface area contributed by atoms with Gasteiger partial charge in [0.15, 0.2) is 6.29 Å². The van der Waals surface area contributed by atoms with Gasteiger partial charge in [0.2, 0.25) is 0 Å². The van der Waals surface area contributed by atoms with Gasteiger partial charge >= 0.3 is 5.97 Å². The van der Waals surface area contributed by atoms with E-state index in [0.29, 0.717) is 6.61 Å². The monoisotopic (exact) mass is 324 g/mol. The molecule has 0 heterocycles. The van der Waals surface area contributed by atoms with Gasteiger partial charge < -0.3 is 24.4 Å². The second kappa shape index (κ2) is 10.9. The third kappa shape index (κ3) is 7.90. The van der Waals surface area contributed by atoms with Crippen molar-refractivity contribution in [1.82, 2.24) is 0 Å². The van der Waals surface area contributed by atoms with Crippen LogP contribution in [0.2, 0.25) is 0 Å². The molecular formula is C17H24O6. The number of carboxylic acids is 1. The molecule has 2 atom stereocenters. The Bertz CT molecular complexity index is 469. The second-order valence-corrected chi connectivity index (χ2v) is 5.05. The van der Waals surface area contributed by atoms with Crippen molar-refractivity contribution in [2.45, 2.75) is 25.4 Å². The topological polar surface area (TPSA) is 85.2 Å². The number of ether oxygens (including phenoxy) is 3. The highest BCUT2D eigenvalue weighted by atomic mass is 16.7. The highest BCUT2D eigenvalue weighted by Gasteiger charge is 2.20. The highest BCUT2D eigenvalue weighted by molar-refractivity contribution is 5.67. The minimum absolute atomic E-state index is 0.0435. The average molecular weight is 324 g/mol. The Kier molecular flexibility index (Phi) is 9.16. The van der Waals surface area contributed by atoms with Crippen molar-refractivity contribution in [2.75, 3.05) is 20.8 Å². The van der Waals surface area contributed by atoms with E-state index in [-0.39, 0.29) is 13.0 Å². The van der Waals surface area contributed by atoms with Crippen LogP contribution >= 0.6 is 0 Å². The van der Waals surface area contributed by atoms with E-state index in [2.05, 4.69) is 0 Å². The van der Waals surface area contributed by atoms with Crippen LogP contribution in [-0.4, -0.2) is 49.4 Å². The van der Waals surface area contributed by atoms with Crippen molar-refractivity contribution >= 4 is 5.97 Å². The molecule has 1 unspecified atom stereocenters. The molecule has 2 N–H and O–H groups in total. The molecule has 0 bridgehead atoms. The van der Waals surface area contributed by atoms with Gasteiger partial charge in [-0.05, 0) is 11.6 Å². The Morgan fingerprint density at radius 3 is 2.39 bits per heavy atom. The van der Waals surface area contributed by atoms with E-state index >= 15 is 0 Å². The number of aliphatic carboxylic acids is 1. The summed E-state index contributed by atoms with van der Waals surface area (Å²) < 4.78 is 15.5. The number of methoxy groups -OCH3 is 2. The third-order valence-electron chi connectivity index (χ3n) is 3.28. The smallest absolute Gasteiger partial charge is 0.304 e. The first kappa shape index (κ1) is 19.3.